The molecule has 3 aromatic heterocycles. The minimum Gasteiger partial charge on any atom is -0.264 e. The summed E-state index contributed by atoms with van der Waals surface area (Å²) in [4.78, 5) is 13.0. The minimum atomic E-state index is 0.539. The van der Waals surface area contributed by atoms with Crippen LogP contribution >= 0.6 is 11.8 Å². The van der Waals surface area contributed by atoms with Crippen LogP contribution in [0, 0.1) is 0 Å². The summed E-state index contributed by atoms with van der Waals surface area (Å²) in [5.74, 6) is 1.18. The third-order valence-electron chi connectivity index (χ3n) is 3.42. The first-order chi connectivity index (χ1) is 11.8. The van der Waals surface area contributed by atoms with Crippen LogP contribution in [0.5, 0.6) is 0 Å². The number of hydrogen-bond acceptors (Lipinski definition) is 7. The molecule has 4 rings (SSSR count). The van der Waals surface area contributed by atoms with Crippen LogP contribution in [0.4, 0.5) is 5.82 Å². The molecule has 0 unspecified atom stereocenters. The average Bonchev–Trinajstić information content (AvgIpc) is 3.06. The molecule has 0 radical (unpaired) electrons. The normalized spacial score (nSPS) is 11.5. The second-order valence-corrected chi connectivity index (χ2v) is 5.72. The molecular formula is C16H13N7S. The maximum absolute atomic E-state index is 4.54. The lowest BCUT2D eigenvalue weighted by Crippen LogP contribution is -2.00. The molecule has 1 N–H and O–H groups in total. The SMILES string of the molecule is CSc1nc2nc(N/N=C/c3cccnc3)c3ccccc3n2n1. The van der Waals surface area contributed by atoms with Crippen LogP contribution in [0.3, 0.4) is 0 Å². The van der Waals surface area contributed by atoms with Gasteiger partial charge in [0, 0.05) is 23.3 Å². The van der Waals surface area contributed by atoms with E-state index in [-0.39, 0.29) is 0 Å². The molecule has 0 spiro atoms. The van der Waals surface area contributed by atoms with E-state index in [2.05, 4.69) is 30.6 Å². The third-order valence-corrected chi connectivity index (χ3v) is 3.96. The Hall–Kier alpha value is -3.00. The lowest BCUT2D eigenvalue weighted by molar-refractivity contribution is 0.911. The van der Waals surface area contributed by atoms with Crippen molar-refractivity contribution in [1.82, 2.24) is 24.6 Å². The first-order valence-electron chi connectivity index (χ1n) is 7.24. The van der Waals surface area contributed by atoms with E-state index >= 15 is 0 Å². The molecule has 0 atom stereocenters. The molecule has 0 saturated carbocycles. The topological polar surface area (TPSA) is 80.4 Å². The van der Waals surface area contributed by atoms with Crippen LogP contribution in [0.15, 0.2) is 59.0 Å². The van der Waals surface area contributed by atoms with Gasteiger partial charge in [0.25, 0.3) is 5.78 Å². The van der Waals surface area contributed by atoms with Gasteiger partial charge in [0.15, 0.2) is 5.82 Å². The summed E-state index contributed by atoms with van der Waals surface area (Å²) in [7, 11) is 0. The summed E-state index contributed by atoms with van der Waals surface area (Å²) < 4.78 is 1.75. The summed E-state index contributed by atoms with van der Waals surface area (Å²) in [5, 5.41) is 10.3. The summed E-state index contributed by atoms with van der Waals surface area (Å²) in [6.07, 6.45) is 7.10. The predicted octanol–water partition coefficient (Wildman–Crippen LogP) is 2.84. The van der Waals surface area contributed by atoms with Crippen molar-refractivity contribution in [3.63, 3.8) is 0 Å². The molecule has 24 heavy (non-hydrogen) atoms. The highest BCUT2D eigenvalue weighted by atomic mass is 32.2. The van der Waals surface area contributed by atoms with Gasteiger partial charge in [0.1, 0.15) is 0 Å². The van der Waals surface area contributed by atoms with Gasteiger partial charge in [-0.1, -0.05) is 30.0 Å². The minimum absolute atomic E-state index is 0.539. The highest BCUT2D eigenvalue weighted by molar-refractivity contribution is 7.98. The molecule has 4 aromatic rings. The number of para-hydroxylation sites is 1. The van der Waals surface area contributed by atoms with Gasteiger partial charge in [-0.2, -0.15) is 19.6 Å². The number of rotatable bonds is 4. The lowest BCUT2D eigenvalue weighted by atomic mass is 10.2. The van der Waals surface area contributed by atoms with Crippen LogP contribution in [-0.4, -0.2) is 37.0 Å². The summed E-state index contributed by atoms with van der Waals surface area (Å²) in [6, 6.07) is 11.7. The summed E-state index contributed by atoms with van der Waals surface area (Å²) in [5.41, 5.74) is 4.83. The number of fused-ring (bicyclic) bond motifs is 3. The summed E-state index contributed by atoms with van der Waals surface area (Å²) >= 11 is 1.48. The Morgan fingerprint density at radius 3 is 2.92 bits per heavy atom. The number of anilines is 1. The Bertz CT molecular complexity index is 1030. The molecule has 7 nitrogen and oxygen atoms in total. The third kappa shape index (κ3) is 2.67. The largest absolute Gasteiger partial charge is 0.264 e. The fourth-order valence-corrected chi connectivity index (χ4v) is 2.67. The predicted molar refractivity (Wildman–Crippen MR) is 95.5 cm³/mol. The molecular weight excluding hydrogens is 322 g/mol. The highest BCUT2D eigenvalue weighted by Crippen LogP contribution is 2.23. The van der Waals surface area contributed by atoms with Gasteiger partial charge in [-0.25, -0.2) is 0 Å². The number of aromatic nitrogens is 5. The fraction of sp³-hybridized carbons (Fsp3) is 0.0625. The van der Waals surface area contributed by atoms with E-state index in [0.717, 1.165) is 16.5 Å². The number of pyridine rings is 1. The molecule has 1 aromatic carbocycles. The quantitative estimate of drug-likeness (QED) is 0.351. The van der Waals surface area contributed by atoms with E-state index in [9.17, 15) is 0 Å². The van der Waals surface area contributed by atoms with Crippen LogP contribution in [-0.2, 0) is 0 Å². The average molecular weight is 335 g/mol. The second-order valence-electron chi connectivity index (χ2n) is 4.94. The van der Waals surface area contributed by atoms with Gasteiger partial charge in [-0.15, -0.1) is 5.10 Å². The monoisotopic (exact) mass is 335 g/mol. The standard InChI is InChI=1S/C16H13N7S/c1-24-16-20-15-19-14(21-18-10-11-5-4-8-17-9-11)12-6-2-3-7-13(12)23(15)22-16/h2-10H,1H3,(H,19,20,21,22)/b18-10+. The lowest BCUT2D eigenvalue weighted by Gasteiger charge is -2.05. The highest BCUT2D eigenvalue weighted by Gasteiger charge is 2.11. The van der Waals surface area contributed by atoms with Crippen LogP contribution in [0.2, 0.25) is 0 Å². The van der Waals surface area contributed by atoms with Gasteiger partial charge in [-0.05, 0) is 24.5 Å². The van der Waals surface area contributed by atoms with Crippen molar-refractivity contribution in [2.45, 2.75) is 5.16 Å². The number of nitrogens with one attached hydrogen (secondary N) is 1. The van der Waals surface area contributed by atoms with Crippen molar-refractivity contribution < 1.29 is 0 Å². The molecule has 8 heteroatoms. The van der Waals surface area contributed by atoms with Crippen molar-refractivity contribution in [3.8, 4) is 0 Å². The molecule has 0 saturated heterocycles. The van der Waals surface area contributed by atoms with E-state index in [0.29, 0.717) is 16.8 Å². The zero-order chi connectivity index (χ0) is 16.4. The number of hydrogen-bond donors (Lipinski definition) is 1. The number of benzene rings is 1. The fourth-order valence-electron chi connectivity index (χ4n) is 2.33. The smallest absolute Gasteiger partial charge is 0.255 e. The Kier molecular flexibility index (Phi) is 3.80. The maximum atomic E-state index is 4.54. The van der Waals surface area contributed by atoms with Crippen LogP contribution in [0.25, 0.3) is 16.7 Å². The molecule has 3 heterocycles. The van der Waals surface area contributed by atoms with Crippen molar-refractivity contribution in [2.24, 2.45) is 5.10 Å². The Labute approximate surface area is 141 Å². The van der Waals surface area contributed by atoms with Crippen molar-refractivity contribution >= 4 is 40.5 Å². The molecule has 0 amide bonds. The molecule has 118 valence electrons. The van der Waals surface area contributed by atoms with Crippen molar-refractivity contribution in [3.05, 3.63) is 54.4 Å². The van der Waals surface area contributed by atoms with Gasteiger partial charge in [-0.3, -0.25) is 10.4 Å². The Morgan fingerprint density at radius 1 is 1.17 bits per heavy atom. The van der Waals surface area contributed by atoms with Gasteiger partial charge in [0.05, 0.1) is 11.7 Å². The molecule has 0 aliphatic carbocycles. The van der Waals surface area contributed by atoms with E-state index in [4.69, 9.17) is 0 Å². The first-order valence-corrected chi connectivity index (χ1v) is 8.46. The molecule has 0 fully saturated rings. The summed E-state index contributed by atoms with van der Waals surface area (Å²) in [6.45, 7) is 0. The van der Waals surface area contributed by atoms with Crippen LogP contribution in [0.1, 0.15) is 5.56 Å². The maximum Gasteiger partial charge on any atom is 0.255 e. The number of nitrogens with zero attached hydrogens (tertiary/aromatic N) is 6. The Morgan fingerprint density at radius 2 is 2.08 bits per heavy atom. The zero-order valence-corrected chi connectivity index (χ0v) is 13.6. The number of hydrazone groups is 1. The van der Waals surface area contributed by atoms with E-state index in [1.165, 1.54) is 11.8 Å². The van der Waals surface area contributed by atoms with Gasteiger partial charge >= 0.3 is 0 Å². The van der Waals surface area contributed by atoms with Gasteiger partial charge in [0.2, 0.25) is 5.16 Å². The van der Waals surface area contributed by atoms with Crippen molar-refractivity contribution in [2.75, 3.05) is 11.7 Å². The van der Waals surface area contributed by atoms with E-state index in [1.807, 2.05) is 42.7 Å². The first kappa shape index (κ1) is 14.6. The second kappa shape index (κ2) is 6.25. The van der Waals surface area contributed by atoms with Crippen molar-refractivity contribution in [1.29, 1.82) is 0 Å². The van der Waals surface area contributed by atoms with E-state index in [1.54, 1.807) is 23.1 Å². The van der Waals surface area contributed by atoms with Gasteiger partial charge < -0.3 is 0 Å². The molecule has 0 aliphatic rings. The Balaban J connectivity index is 1.77. The number of thioether (sulfide) groups is 1. The van der Waals surface area contributed by atoms with E-state index < -0.39 is 0 Å². The molecule has 0 aliphatic heterocycles. The zero-order valence-electron chi connectivity index (χ0n) is 12.8. The van der Waals surface area contributed by atoms with Crippen LogP contribution < -0.4 is 5.43 Å². The molecule has 0 bridgehead atoms.